The summed E-state index contributed by atoms with van der Waals surface area (Å²) in [5, 5.41) is 7.09. The molecule has 0 aliphatic rings. The van der Waals surface area contributed by atoms with Gasteiger partial charge in [-0.1, -0.05) is 84.9 Å². The van der Waals surface area contributed by atoms with Gasteiger partial charge in [-0.15, -0.1) is 0 Å². The second-order valence-corrected chi connectivity index (χ2v) is 11.7. The lowest BCUT2D eigenvalue weighted by Gasteiger charge is -2.08. The summed E-state index contributed by atoms with van der Waals surface area (Å²) in [6.07, 6.45) is 4.11. The Labute approximate surface area is 259 Å². The van der Waals surface area contributed by atoms with Crippen molar-refractivity contribution in [1.29, 1.82) is 0 Å². The molecule has 3 heterocycles. The number of benzene rings is 6. The zero-order chi connectivity index (χ0) is 30.1. The molecule has 9 aromatic rings. The van der Waals surface area contributed by atoms with Crippen molar-refractivity contribution in [2.45, 2.75) is 6.92 Å². The van der Waals surface area contributed by atoms with Crippen LogP contribution in [0.1, 0.15) is 12.5 Å². The number of nitrogens with two attached hydrogens (primary N) is 1. The highest BCUT2D eigenvalue weighted by atomic mass is 16.3. The van der Waals surface area contributed by atoms with Crippen molar-refractivity contribution >= 4 is 76.9 Å². The number of hydrogen-bond donors (Lipinski definition) is 1. The van der Waals surface area contributed by atoms with Gasteiger partial charge in [0, 0.05) is 38.0 Å². The molecule has 4 heteroatoms. The summed E-state index contributed by atoms with van der Waals surface area (Å²) in [4.78, 5) is 0. The minimum absolute atomic E-state index is 0.678. The van der Waals surface area contributed by atoms with Crippen molar-refractivity contribution in [3.8, 4) is 5.69 Å². The van der Waals surface area contributed by atoms with Crippen LogP contribution in [0.2, 0.25) is 0 Å². The lowest BCUT2D eigenvalue weighted by molar-refractivity contribution is 0.669. The third-order valence-electron chi connectivity index (χ3n) is 9.09. The van der Waals surface area contributed by atoms with Gasteiger partial charge < -0.3 is 14.7 Å². The number of nitrogens with zero attached hydrogens (tertiary/aromatic N) is 2. The number of fused-ring (bicyclic) bond motifs is 9. The van der Waals surface area contributed by atoms with E-state index < -0.39 is 0 Å². The molecule has 0 saturated heterocycles. The third kappa shape index (κ3) is 3.86. The van der Waals surface area contributed by atoms with Crippen LogP contribution in [0.4, 0.5) is 0 Å². The SMILES string of the molecule is C/C(=C\C=C(/N)n1c2ccccc2c2ccccc21)c1ccc2oc3ccc(-n4c5ccccc5c5ccccc54)cc3c2c1. The molecule has 0 bridgehead atoms. The quantitative estimate of drug-likeness (QED) is 0.211. The standard InChI is InChI=1S/C41H29N3O/c1-26(18-23-41(42)44-37-16-8-4-12-31(37)32-13-5-9-17-38(32)44)27-19-21-39-33(24-27)34-25-28(20-22-40(34)45-39)43-35-14-6-2-10-29(35)30-11-3-7-15-36(30)43/h2-25H,42H2,1H3/b26-18+,41-23+. The Morgan fingerprint density at radius 3 is 1.62 bits per heavy atom. The van der Waals surface area contributed by atoms with Crippen LogP contribution >= 0.6 is 0 Å². The molecule has 2 N–H and O–H groups in total. The van der Waals surface area contributed by atoms with Crippen LogP contribution in [0.5, 0.6) is 0 Å². The van der Waals surface area contributed by atoms with Crippen molar-refractivity contribution in [3.05, 3.63) is 151 Å². The van der Waals surface area contributed by atoms with Crippen molar-refractivity contribution < 1.29 is 4.42 Å². The fraction of sp³-hybridized carbons (Fsp3) is 0.0244. The van der Waals surface area contributed by atoms with Gasteiger partial charge in [-0.2, -0.15) is 0 Å². The van der Waals surface area contributed by atoms with E-state index in [4.69, 9.17) is 10.2 Å². The average molecular weight is 580 g/mol. The Bertz CT molecular complexity index is 2570. The van der Waals surface area contributed by atoms with E-state index >= 15 is 0 Å². The molecule has 214 valence electrons. The smallest absolute Gasteiger partial charge is 0.135 e. The van der Waals surface area contributed by atoms with Crippen LogP contribution in [0.15, 0.2) is 150 Å². The first-order valence-corrected chi connectivity index (χ1v) is 15.2. The molecule has 45 heavy (non-hydrogen) atoms. The maximum Gasteiger partial charge on any atom is 0.135 e. The van der Waals surface area contributed by atoms with Crippen molar-refractivity contribution in [2.75, 3.05) is 0 Å². The van der Waals surface area contributed by atoms with E-state index in [1.807, 2.05) is 6.08 Å². The molecule has 0 aliphatic carbocycles. The minimum Gasteiger partial charge on any atom is -0.456 e. The molecule has 9 rings (SSSR count). The number of aromatic nitrogens is 2. The molecule has 0 unspecified atom stereocenters. The summed E-state index contributed by atoms with van der Waals surface area (Å²) in [6, 6.07) is 46.9. The molecule has 4 nitrogen and oxygen atoms in total. The zero-order valence-electron chi connectivity index (χ0n) is 24.7. The second-order valence-electron chi connectivity index (χ2n) is 11.7. The van der Waals surface area contributed by atoms with Gasteiger partial charge in [-0.05, 0) is 78.7 Å². The van der Waals surface area contributed by atoms with Crippen LogP contribution in [-0.2, 0) is 0 Å². The summed E-state index contributed by atoms with van der Waals surface area (Å²) in [7, 11) is 0. The molecule has 0 spiro atoms. The monoisotopic (exact) mass is 579 g/mol. The molecule has 0 radical (unpaired) electrons. The summed E-state index contributed by atoms with van der Waals surface area (Å²) < 4.78 is 10.8. The number of furan rings is 1. The summed E-state index contributed by atoms with van der Waals surface area (Å²) in [6.45, 7) is 2.13. The summed E-state index contributed by atoms with van der Waals surface area (Å²) in [5.74, 6) is 0.678. The maximum atomic E-state index is 6.75. The van der Waals surface area contributed by atoms with E-state index in [2.05, 4.69) is 156 Å². The first kappa shape index (κ1) is 25.5. The number of rotatable bonds is 4. The van der Waals surface area contributed by atoms with Gasteiger partial charge >= 0.3 is 0 Å². The van der Waals surface area contributed by atoms with E-state index in [9.17, 15) is 0 Å². The predicted molar refractivity (Wildman–Crippen MR) is 190 cm³/mol. The lowest BCUT2D eigenvalue weighted by atomic mass is 10.0. The highest BCUT2D eigenvalue weighted by Crippen LogP contribution is 2.36. The van der Waals surface area contributed by atoms with Gasteiger partial charge in [0.05, 0.1) is 22.1 Å². The molecule has 0 atom stereocenters. The molecule has 0 amide bonds. The van der Waals surface area contributed by atoms with E-state index in [1.54, 1.807) is 0 Å². The van der Waals surface area contributed by atoms with E-state index in [0.717, 1.165) is 49.8 Å². The Balaban J connectivity index is 1.15. The molecule has 3 aromatic heterocycles. The topological polar surface area (TPSA) is 49.0 Å². The van der Waals surface area contributed by atoms with Gasteiger partial charge in [-0.3, -0.25) is 4.57 Å². The highest BCUT2D eigenvalue weighted by molar-refractivity contribution is 6.11. The van der Waals surface area contributed by atoms with E-state index in [1.165, 1.54) is 32.6 Å². The van der Waals surface area contributed by atoms with Gasteiger partial charge in [0.15, 0.2) is 0 Å². The lowest BCUT2D eigenvalue weighted by Crippen LogP contribution is -2.05. The molecule has 0 saturated carbocycles. The van der Waals surface area contributed by atoms with Crippen LogP contribution < -0.4 is 5.73 Å². The highest BCUT2D eigenvalue weighted by Gasteiger charge is 2.15. The normalized spacial score (nSPS) is 12.9. The number of allylic oxidation sites excluding steroid dienone is 3. The minimum atomic E-state index is 0.678. The first-order valence-electron chi connectivity index (χ1n) is 15.2. The maximum absolute atomic E-state index is 6.75. The third-order valence-corrected chi connectivity index (χ3v) is 9.09. The summed E-state index contributed by atoms with van der Waals surface area (Å²) >= 11 is 0. The molecular weight excluding hydrogens is 550 g/mol. The van der Waals surface area contributed by atoms with Gasteiger partial charge in [0.2, 0.25) is 0 Å². The molecule has 6 aromatic carbocycles. The summed E-state index contributed by atoms with van der Waals surface area (Å²) in [5.41, 5.74) is 16.4. The average Bonchev–Trinajstić information content (AvgIpc) is 3.74. The van der Waals surface area contributed by atoms with Crippen molar-refractivity contribution in [2.24, 2.45) is 5.73 Å². The van der Waals surface area contributed by atoms with Crippen LogP contribution in [0, 0.1) is 0 Å². The van der Waals surface area contributed by atoms with E-state index in [-0.39, 0.29) is 0 Å². The molecule has 0 aliphatic heterocycles. The Kier molecular flexibility index (Phi) is 5.53. The zero-order valence-corrected chi connectivity index (χ0v) is 24.7. The molecule has 0 fully saturated rings. The molecular formula is C41H29N3O. The van der Waals surface area contributed by atoms with Crippen LogP contribution in [0.25, 0.3) is 82.6 Å². The van der Waals surface area contributed by atoms with E-state index in [0.29, 0.717) is 5.82 Å². The number of para-hydroxylation sites is 4. The van der Waals surface area contributed by atoms with Gasteiger partial charge in [0.25, 0.3) is 0 Å². The first-order chi connectivity index (χ1) is 22.2. The Hall–Kier alpha value is -6.00. The largest absolute Gasteiger partial charge is 0.456 e. The van der Waals surface area contributed by atoms with Crippen LogP contribution in [-0.4, -0.2) is 9.13 Å². The van der Waals surface area contributed by atoms with Gasteiger partial charge in [0.1, 0.15) is 17.0 Å². The van der Waals surface area contributed by atoms with Gasteiger partial charge in [-0.25, -0.2) is 0 Å². The van der Waals surface area contributed by atoms with Crippen molar-refractivity contribution in [1.82, 2.24) is 9.13 Å². The predicted octanol–water partition coefficient (Wildman–Crippen LogP) is 10.7. The number of hydrogen-bond acceptors (Lipinski definition) is 2. The Morgan fingerprint density at radius 2 is 1.02 bits per heavy atom. The second kappa shape index (κ2) is 9.76. The van der Waals surface area contributed by atoms with Crippen LogP contribution in [0.3, 0.4) is 0 Å². The van der Waals surface area contributed by atoms with Crippen molar-refractivity contribution in [3.63, 3.8) is 0 Å². The fourth-order valence-corrected chi connectivity index (χ4v) is 6.93. The Morgan fingerprint density at radius 1 is 0.533 bits per heavy atom. The fourth-order valence-electron chi connectivity index (χ4n) is 6.93.